The van der Waals surface area contributed by atoms with E-state index in [1.807, 2.05) is 0 Å². The average Bonchev–Trinajstić information content (AvgIpc) is 2.66. The summed E-state index contributed by atoms with van der Waals surface area (Å²) >= 11 is 5.76. The smallest absolute Gasteiger partial charge is 0.251 e. The maximum atomic E-state index is 12.0. The summed E-state index contributed by atoms with van der Waals surface area (Å²) in [5.41, 5.74) is 0.468. The van der Waals surface area contributed by atoms with Gasteiger partial charge in [-0.3, -0.25) is 14.6 Å². The van der Waals surface area contributed by atoms with Gasteiger partial charge in [0.05, 0.1) is 0 Å². The Balaban J connectivity index is 1.64. The molecule has 2 rings (SSSR count). The Kier molecular flexibility index (Phi) is 7.71. The summed E-state index contributed by atoms with van der Waals surface area (Å²) < 4.78 is 26.3. The van der Waals surface area contributed by atoms with E-state index in [4.69, 9.17) is 11.6 Å². The molecule has 1 aromatic carbocycles. The quantitative estimate of drug-likeness (QED) is 0.532. The molecule has 3 N–H and O–H groups in total. The van der Waals surface area contributed by atoms with Gasteiger partial charge >= 0.3 is 0 Å². The molecule has 0 saturated carbocycles. The molecule has 1 aromatic heterocycles. The first-order valence-electron chi connectivity index (χ1n) is 8.08. The van der Waals surface area contributed by atoms with E-state index < -0.39 is 10.0 Å². The van der Waals surface area contributed by atoms with Crippen molar-refractivity contribution in [3.63, 3.8) is 0 Å². The molecule has 0 aliphatic rings. The molecule has 10 heteroatoms. The molecule has 27 heavy (non-hydrogen) atoms. The minimum Gasteiger partial charge on any atom is -0.354 e. The van der Waals surface area contributed by atoms with Crippen LogP contribution in [0.1, 0.15) is 16.8 Å². The van der Waals surface area contributed by atoms with Gasteiger partial charge in [0, 0.05) is 49.0 Å². The van der Waals surface area contributed by atoms with Gasteiger partial charge in [0.1, 0.15) is 4.90 Å². The number of halogens is 1. The minimum absolute atomic E-state index is 0.0232. The molecule has 144 valence electrons. The van der Waals surface area contributed by atoms with Gasteiger partial charge in [-0.05, 0) is 36.4 Å². The summed E-state index contributed by atoms with van der Waals surface area (Å²) in [6.45, 7) is 0.433. The second kappa shape index (κ2) is 10.0. The van der Waals surface area contributed by atoms with Crippen LogP contribution >= 0.6 is 11.6 Å². The van der Waals surface area contributed by atoms with E-state index >= 15 is 0 Å². The molecule has 0 aliphatic carbocycles. The predicted octanol–water partition coefficient (Wildman–Crippen LogP) is 0.950. The lowest BCUT2D eigenvalue weighted by Crippen LogP contribution is -2.36. The van der Waals surface area contributed by atoms with Crippen LogP contribution in [-0.2, 0) is 14.8 Å². The number of carbonyl (C=O) groups excluding carboxylic acids is 2. The number of rotatable bonds is 9. The van der Waals surface area contributed by atoms with Crippen LogP contribution in [0.3, 0.4) is 0 Å². The fraction of sp³-hybridized carbons (Fsp3) is 0.235. The van der Waals surface area contributed by atoms with E-state index in [-0.39, 0.29) is 42.8 Å². The van der Waals surface area contributed by atoms with Gasteiger partial charge in [0.2, 0.25) is 15.9 Å². The van der Waals surface area contributed by atoms with Gasteiger partial charge in [-0.2, -0.15) is 0 Å². The Morgan fingerprint density at radius 2 is 1.70 bits per heavy atom. The van der Waals surface area contributed by atoms with Crippen molar-refractivity contribution in [2.45, 2.75) is 11.3 Å². The van der Waals surface area contributed by atoms with Gasteiger partial charge in [-0.1, -0.05) is 11.6 Å². The normalized spacial score (nSPS) is 11.0. The number of hydrogen-bond donors (Lipinski definition) is 3. The van der Waals surface area contributed by atoms with Gasteiger partial charge in [0.25, 0.3) is 5.91 Å². The van der Waals surface area contributed by atoms with Crippen molar-refractivity contribution in [3.05, 3.63) is 59.4 Å². The number of sulfonamides is 1. The number of benzene rings is 1. The third-order valence-electron chi connectivity index (χ3n) is 3.43. The van der Waals surface area contributed by atoms with Crippen LogP contribution in [0.5, 0.6) is 0 Å². The molecule has 8 nitrogen and oxygen atoms in total. The van der Waals surface area contributed by atoms with E-state index in [0.29, 0.717) is 10.6 Å². The number of nitrogens with zero attached hydrogens (tertiary/aromatic N) is 1. The van der Waals surface area contributed by atoms with Gasteiger partial charge in [-0.25, -0.2) is 13.1 Å². The van der Waals surface area contributed by atoms with E-state index in [1.54, 1.807) is 24.3 Å². The first-order chi connectivity index (χ1) is 12.9. The summed E-state index contributed by atoms with van der Waals surface area (Å²) in [6, 6.07) is 9.36. The molecule has 0 saturated heterocycles. The predicted molar refractivity (Wildman–Crippen MR) is 101 cm³/mol. The molecule has 0 bridgehead atoms. The van der Waals surface area contributed by atoms with Crippen LogP contribution in [0.15, 0.2) is 53.7 Å². The molecular formula is C17H19ClN4O4S. The van der Waals surface area contributed by atoms with Crippen molar-refractivity contribution in [2.24, 2.45) is 0 Å². The molecule has 0 spiro atoms. The fourth-order valence-corrected chi connectivity index (χ4v) is 3.18. The van der Waals surface area contributed by atoms with Crippen LogP contribution in [0.2, 0.25) is 5.02 Å². The third-order valence-corrected chi connectivity index (χ3v) is 5.13. The van der Waals surface area contributed by atoms with E-state index in [1.165, 1.54) is 24.5 Å². The number of pyridine rings is 1. The van der Waals surface area contributed by atoms with Crippen LogP contribution in [0.4, 0.5) is 0 Å². The second-order valence-electron chi connectivity index (χ2n) is 5.45. The zero-order chi connectivity index (χ0) is 19.7. The summed E-state index contributed by atoms with van der Waals surface area (Å²) in [7, 11) is -3.68. The Bertz CT molecular complexity index is 874. The molecule has 2 amide bonds. The highest BCUT2D eigenvalue weighted by atomic mass is 35.5. The van der Waals surface area contributed by atoms with E-state index in [2.05, 4.69) is 20.3 Å². The molecule has 2 aromatic rings. The zero-order valence-corrected chi connectivity index (χ0v) is 15.9. The molecular weight excluding hydrogens is 392 g/mol. The zero-order valence-electron chi connectivity index (χ0n) is 14.3. The number of aromatic nitrogens is 1. The lowest BCUT2D eigenvalue weighted by molar-refractivity contribution is -0.120. The summed E-state index contributed by atoms with van der Waals surface area (Å²) in [6.07, 6.45) is 2.68. The lowest BCUT2D eigenvalue weighted by Gasteiger charge is -2.08. The van der Waals surface area contributed by atoms with Gasteiger partial charge in [0.15, 0.2) is 0 Å². The number of hydrogen-bond acceptors (Lipinski definition) is 5. The van der Waals surface area contributed by atoms with Crippen molar-refractivity contribution in [1.82, 2.24) is 20.3 Å². The SMILES string of the molecule is O=C(CCNS(=O)(=O)c1cccnc1)NCCNC(=O)c1ccc(Cl)cc1. The third kappa shape index (κ3) is 6.97. The lowest BCUT2D eigenvalue weighted by atomic mass is 10.2. The van der Waals surface area contributed by atoms with Crippen molar-refractivity contribution in [2.75, 3.05) is 19.6 Å². The molecule has 0 aliphatic heterocycles. The van der Waals surface area contributed by atoms with Gasteiger partial charge in [-0.15, -0.1) is 0 Å². The Labute approximate surface area is 162 Å². The summed E-state index contributed by atoms with van der Waals surface area (Å²) in [5.74, 6) is -0.602. The van der Waals surface area contributed by atoms with Crippen molar-refractivity contribution in [3.8, 4) is 0 Å². The fourth-order valence-electron chi connectivity index (χ4n) is 2.06. The highest BCUT2D eigenvalue weighted by Crippen LogP contribution is 2.09. The summed E-state index contributed by atoms with van der Waals surface area (Å²) in [4.78, 5) is 27.4. The minimum atomic E-state index is -3.68. The number of carbonyl (C=O) groups is 2. The van der Waals surface area contributed by atoms with E-state index in [0.717, 1.165) is 0 Å². The Hall–Kier alpha value is -2.49. The van der Waals surface area contributed by atoms with E-state index in [9.17, 15) is 18.0 Å². The Morgan fingerprint density at radius 3 is 2.37 bits per heavy atom. The number of nitrogens with one attached hydrogen (secondary N) is 3. The topological polar surface area (TPSA) is 117 Å². The molecule has 1 heterocycles. The first kappa shape index (κ1) is 20.8. The highest BCUT2D eigenvalue weighted by Gasteiger charge is 2.13. The van der Waals surface area contributed by atoms with Crippen molar-refractivity contribution >= 4 is 33.4 Å². The molecule has 0 radical (unpaired) electrons. The molecule has 0 atom stereocenters. The summed E-state index contributed by atoms with van der Waals surface area (Å²) in [5, 5.41) is 5.80. The van der Waals surface area contributed by atoms with Gasteiger partial charge < -0.3 is 10.6 Å². The van der Waals surface area contributed by atoms with Crippen LogP contribution in [0.25, 0.3) is 0 Å². The van der Waals surface area contributed by atoms with Crippen LogP contribution in [0, 0.1) is 0 Å². The molecule has 0 fully saturated rings. The Morgan fingerprint density at radius 1 is 1.00 bits per heavy atom. The maximum Gasteiger partial charge on any atom is 0.251 e. The largest absolute Gasteiger partial charge is 0.354 e. The highest BCUT2D eigenvalue weighted by molar-refractivity contribution is 7.89. The average molecular weight is 411 g/mol. The number of amides is 2. The molecule has 0 unspecified atom stereocenters. The van der Waals surface area contributed by atoms with Crippen LogP contribution < -0.4 is 15.4 Å². The first-order valence-corrected chi connectivity index (χ1v) is 9.95. The standard InChI is InChI=1S/C17H19ClN4O4S/c18-14-5-3-13(4-6-14)17(24)21-11-10-20-16(23)7-9-22-27(25,26)15-2-1-8-19-12-15/h1-6,8,12,22H,7,9-11H2,(H,20,23)(H,21,24). The monoisotopic (exact) mass is 410 g/mol. The van der Waals surface area contributed by atoms with Crippen LogP contribution in [-0.4, -0.2) is 44.9 Å². The van der Waals surface area contributed by atoms with Crippen molar-refractivity contribution < 1.29 is 18.0 Å². The van der Waals surface area contributed by atoms with Crippen molar-refractivity contribution in [1.29, 1.82) is 0 Å². The second-order valence-corrected chi connectivity index (χ2v) is 7.65. The maximum absolute atomic E-state index is 12.0.